The second-order valence-electron chi connectivity index (χ2n) is 12.4. The molecule has 2 aromatic rings. The van der Waals surface area contributed by atoms with E-state index in [1.54, 1.807) is 20.8 Å². The number of benzene rings is 2. The third-order valence-corrected chi connectivity index (χ3v) is 11.6. The van der Waals surface area contributed by atoms with Crippen LogP contribution in [0.3, 0.4) is 0 Å². The van der Waals surface area contributed by atoms with Gasteiger partial charge in [0.1, 0.15) is 23.1 Å². The van der Waals surface area contributed by atoms with Gasteiger partial charge in [-0.05, 0) is 56.0 Å². The summed E-state index contributed by atoms with van der Waals surface area (Å²) in [7, 11) is -4.55. The Labute approximate surface area is 292 Å². The van der Waals surface area contributed by atoms with Gasteiger partial charge in [-0.2, -0.15) is 4.31 Å². The molecule has 3 saturated heterocycles. The SMILES string of the molecule is CCN1CC2N(C(=O)C(NC(=O)C3CCCN3C(=O)C(N)C(C)C)CN2S(=O)(=O)c2ccc(Cl)cc2Cl)[C@@H](Nc2ccc(F)c(F)c2)C1=O. The van der Waals surface area contributed by atoms with Gasteiger partial charge in [-0.15, -0.1) is 0 Å². The van der Waals surface area contributed by atoms with E-state index >= 15 is 0 Å². The van der Waals surface area contributed by atoms with Crippen molar-refractivity contribution in [3.8, 4) is 0 Å². The first-order valence-electron chi connectivity index (χ1n) is 15.7. The van der Waals surface area contributed by atoms with Gasteiger partial charge < -0.3 is 26.2 Å². The first-order chi connectivity index (χ1) is 23.1. The Balaban J connectivity index is 1.55. The van der Waals surface area contributed by atoms with Crippen molar-refractivity contribution in [2.75, 3.05) is 31.5 Å². The third kappa shape index (κ3) is 7.06. The van der Waals surface area contributed by atoms with Crippen molar-refractivity contribution in [1.82, 2.24) is 24.3 Å². The lowest BCUT2D eigenvalue weighted by Crippen LogP contribution is -2.77. The average Bonchev–Trinajstić information content (AvgIpc) is 3.54. The highest BCUT2D eigenvalue weighted by atomic mass is 35.5. The van der Waals surface area contributed by atoms with Crippen LogP contribution in [-0.2, 0) is 29.2 Å². The molecule has 18 heteroatoms. The standard InChI is InChI=1S/C31H37Cl2F2N7O6S/c1-4-39-15-25-41(49(47,48)24-10-7-17(32)12-19(24)33)14-22(38-28(43)23-6-5-11-40(23)30(45)26(36)16(2)3)29(44)42(25)27(31(39)46)37-18-8-9-20(34)21(35)13-18/h7-10,12-13,16,22-23,25-27,37H,4-6,11,14-15,36H2,1-3H3,(H,38,43)/t22?,23?,25?,26?,27-/m1/s1. The molecule has 3 aliphatic heterocycles. The molecule has 13 nitrogen and oxygen atoms in total. The second-order valence-corrected chi connectivity index (χ2v) is 15.2. The lowest BCUT2D eigenvalue weighted by Gasteiger charge is -2.53. The molecule has 0 saturated carbocycles. The van der Waals surface area contributed by atoms with Gasteiger partial charge in [0.05, 0.1) is 17.6 Å². The van der Waals surface area contributed by atoms with Crippen molar-refractivity contribution >= 4 is 62.5 Å². The molecule has 3 aliphatic rings. The predicted octanol–water partition coefficient (Wildman–Crippen LogP) is 2.19. The number of fused-ring (bicyclic) bond motifs is 1. The number of piperazine rings is 1. The summed E-state index contributed by atoms with van der Waals surface area (Å²) in [4.78, 5) is 58.3. The van der Waals surface area contributed by atoms with Crippen LogP contribution < -0.4 is 16.4 Å². The minimum Gasteiger partial charge on any atom is -0.357 e. The zero-order valence-electron chi connectivity index (χ0n) is 26.9. The second kappa shape index (κ2) is 14.3. The lowest BCUT2D eigenvalue weighted by molar-refractivity contribution is -0.165. The van der Waals surface area contributed by atoms with Gasteiger partial charge in [0.25, 0.3) is 5.91 Å². The lowest BCUT2D eigenvalue weighted by atomic mass is 10.0. The molecule has 0 bridgehead atoms. The molecule has 0 aliphatic carbocycles. The fourth-order valence-electron chi connectivity index (χ4n) is 6.29. The van der Waals surface area contributed by atoms with Crippen molar-refractivity contribution in [3.63, 3.8) is 0 Å². The summed E-state index contributed by atoms with van der Waals surface area (Å²) in [6.07, 6.45) is -2.13. The van der Waals surface area contributed by atoms with Crippen LogP contribution in [0, 0.1) is 17.6 Å². The van der Waals surface area contributed by atoms with Crippen LogP contribution in [0.15, 0.2) is 41.3 Å². The molecular formula is C31H37Cl2F2N7O6S. The normalized spacial score (nSPS) is 23.9. The fraction of sp³-hybridized carbons (Fsp3) is 0.484. The molecule has 5 rings (SSSR count). The first-order valence-corrected chi connectivity index (χ1v) is 17.9. The molecule has 5 atom stereocenters. The van der Waals surface area contributed by atoms with Gasteiger partial charge in [0, 0.05) is 36.4 Å². The van der Waals surface area contributed by atoms with E-state index in [0.29, 0.717) is 6.42 Å². The number of hydrogen-bond donors (Lipinski definition) is 3. The van der Waals surface area contributed by atoms with E-state index in [4.69, 9.17) is 28.9 Å². The van der Waals surface area contributed by atoms with Crippen LogP contribution in [0.1, 0.15) is 33.6 Å². The zero-order valence-corrected chi connectivity index (χ0v) is 29.2. The minimum absolute atomic E-state index is 0.0651. The number of hydrogen-bond acceptors (Lipinski definition) is 8. The number of likely N-dealkylation sites (tertiary alicyclic amines) is 1. The predicted molar refractivity (Wildman–Crippen MR) is 176 cm³/mol. The number of nitrogens with zero attached hydrogens (tertiary/aromatic N) is 4. The molecule has 266 valence electrons. The van der Waals surface area contributed by atoms with Crippen LogP contribution >= 0.6 is 23.2 Å². The van der Waals surface area contributed by atoms with Crippen LogP contribution in [0.4, 0.5) is 14.5 Å². The van der Waals surface area contributed by atoms with Crippen molar-refractivity contribution in [1.29, 1.82) is 0 Å². The Bertz CT molecular complexity index is 1770. The highest BCUT2D eigenvalue weighted by Crippen LogP contribution is 2.34. The Morgan fingerprint density at radius 3 is 2.39 bits per heavy atom. The summed E-state index contributed by atoms with van der Waals surface area (Å²) in [6, 6.07) is 3.20. The molecular weight excluding hydrogens is 707 g/mol. The van der Waals surface area contributed by atoms with E-state index in [9.17, 15) is 36.4 Å². The Hall–Kier alpha value is -3.57. The number of nitrogens with two attached hydrogens (primary N) is 1. The number of anilines is 1. The van der Waals surface area contributed by atoms with Crippen LogP contribution in [0.25, 0.3) is 0 Å². The highest BCUT2D eigenvalue weighted by Gasteiger charge is 2.54. The largest absolute Gasteiger partial charge is 0.357 e. The number of carbonyl (C=O) groups excluding carboxylic acids is 4. The van der Waals surface area contributed by atoms with Gasteiger partial charge >= 0.3 is 0 Å². The summed E-state index contributed by atoms with van der Waals surface area (Å²) >= 11 is 12.4. The summed E-state index contributed by atoms with van der Waals surface area (Å²) in [5.74, 6) is -5.17. The van der Waals surface area contributed by atoms with Gasteiger partial charge in [0.15, 0.2) is 17.8 Å². The fourth-order valence-corrected chi connectivity index (χ4v) is 8.62. The molecule has 0 aromatic heterocycles. The van der Waals surface area contributed by atoms with Gasteiger partial charge in [-0.1, -0.05) is 37.0 Å². The van der Waals surface area contributed by atoms with Crippen LogP contribution in [0.5, 0.6) is 0 Å². The molecule has 4 unspecified atom stereocenters. The molecule has 4 N–H and O–H groups in total. The summed E-state index contributed by atoms with van der Waals surface area (Å²) in [6.45, 7) is 4.79. The maximum atomic E-state index is 14.3. The van der Waals surface area contributed by atoms with Crippen molar-refractivity contribution in [2.45, 2.75) is 69.0 Å². The van der Waals surface area contributed by atoms with Crippen molar-refractivity contribution in [3.05, 3.63) is 58.1 Å². The van der Waals surface area contributed by atoms with E-state index in [1.807, 2.05) is 0 Å². The highest BCUT2D eigenvalue weighted by molar-refractivity contribution is 7.89. The summed E-state index contributed by atoms with van der Waals surface area (Å²) < 4.78 is 57.6. The van der Waals surface area contributed by atoms with E-state index in [1.165, 1.54) is 28.0 Å². The number of carbonyl (C=O) groups is 4. The number of likely N-dealkylation sites (N-methyl/N-ethyl adjacent to an activating group) is 1. The molecule has 0 radical (unpaired) electrons. The quantitative estimate of drug-likeness (QED) is 0.352. The first kappa shape index (κ1) is 36.7. The third-order valence-electron chi connectivity index (χ3n) is 9.02. The monoisotopic (exact) mass is 743 g/mol. The number of amides is 4. The van der Waals surface area contributed by atoms with Gasteiger partial charge in [-0.3, -0.25) is 24.1 Å². The zero-order chi connectivity index (χ0) is 35.9. The number of halogens is 4. The number of nitrogens with one attached hydrogen (secondary N) is 2. The maximum Gasteiger partial charge on any atom is 0.266 e. The maximum absolute atomic E-state index is 14.3. The van der Waals surface area contributed by atoms with Crippen LogP contribution in [0.2, 0.25) is 10.0 Å². The molecule has 49 heavy (non-hydrogen) atoms. The van der Waals surface area contributed by atoms with Crippen molar-refractivity contribution < 1.29 is 36.4 Å². The van der Waals surface area contributed by atoms with E-state index in [-0.39, 0.29) is 52.6 Å². The van der Waals surface area contributed by atoms with Gasteiger partial charge in [-0.25, -0.2) is 17.2 Å². The molecule has 4 amide bonds. The Morgan fingerprint density at radius 2 is 1.76 bits per heavy atom. The Morgan fingerprint density at radius 1 is 1.04 bits per heavy atom. The number of rotatable bonds is 9. The average molecular weight is 745 g/mol. The molecule has 2 aromatic carbocycles. The van der Waals surface area contributed by atoms with E-state index in [2.05, 4.69) is 10.6 Å². The van der Waals surface area contributed by atoms with Crippen molar-refractivity contribution in [2.24, 2.45) is 11.7 Å². The van der Waals surface area contributed by atoms with E-state index in [0.717, 1.165) is 27.4 Å². The number of sulfonamides is 1. The summed E-state index contributed by atoms with van der Waals surface area (Å²) in [5, 5.41) is 5.36. The Kier molecular flexibility index (Phi) is 10.7. The molecule has 0 spiro atoms. The smallest absolute Gasteiger partial charge is 0.266 e. The van der Waals surface area contributed by atoms with E-state index < -0.39 is 82.3 Å². The van der Waals surface area contributed by atoms with Crippen LogP contribution in [-0.4, -0.2) is 108 Å². The minimum atomic E-state index is -4.55. The van der Waals surface area contributed by atoms with Gasteiger partial charge in [0.2, 0.25) is 27.7 Å². The summed E-state index contributed by atoms with van der Waals surface area (Å²) in [5.41, 5.74) is 6.03. The molecule has 3 heterocycles. The topological polar surface area (TPSA) is 165 Å². The molecule has 3 fully saturated rings.